The van der Waals surface area contributed by atoms with Crippen LogP contribution in [0.5, 0.6) is 0 Å². The molecule has 1 N–H and O–H groups in total. The molecule has 1 aromatic heterocycles. The van der Waals surface area contributed by atoms with Crippen LogP contribution in [0.1, 0.15) is 30.0 Å². The minimum Gasteiger partial charge on any atom is -0.334 e. The van der Waals surface area contributed by atoms with Crippen molar-refractivity contribution in [3.63, 3.8) is 0 Å². The number of carbonyl (C=O) groups excluding carboxylic acids is 1. The maximum atomic E-state index is 12.8. The number of imidazole rings is 1. The number of nitrogens with zero attached hydrogens (tertiary/aromatic N) is 3. The summed E-state index contributed by atoms with van der Waals surface area (Å²) in [5.74, 6) is 0. The molecular formula is C21H21ClN4O. The van der Waals surface area contributed by atoms with Gasteiger partial charge in [0.1, 0.15) is 0 Å². The number of urea groups is 1. The standard InChI is InChI=1S/C21H21ClN4O/c22-18-9-7-16(8-10-18)20-6-3-12-26(20)21(27)24-14-17-4-1-2-5-19(17)25-13-11-23-15-25/h1-2,4-5,7-11,13,15,20H,3,6,12,14H2,(H,24,27). The molecule has 0 saturated carbocycles. The summed E-state index contributed by atoms with van der Waals surface area (Å²) >= 11 is 5.99. The highest BCUT2D eigenvalue weighted by Gasteiger charge is 2.29. The summed E-state index contributed by atoms with van der Waals surface area (Å²) in [5, 5.41) is 3.79. The van der Waals surface area contributed by atoms with Gasteiger partial charge < -0.3 is 14.8 Å². The molecular weight excluding hydrogens is 360 g/mol. The number of para-hydroxylation sites is 1. The summed E-state index contributed by atoms with van der Waals surface area (Å²) in [6.45, 7) is 1.24. The lowest BCUT2D eigenvalue weighted by Gasteiger charge is -2.25. The summed E-state index contributed by atoms with van der Waals surface area (Å²) in [6, 6.07) is 15.9. The van der Waals surface area contributed by atoms with E-state index in [4.69, 9.17) is 11.6 Å². The fourth-order valence-electron chi connectivity index (χ4n) is 3.63. The maximum Gasteiger partial charge on any atom is 0.318 e. The quantitative estimate of drug-likeness (QED) is 0.720. The van der Waals surface area contributed by atoms with Gasteiger partial charge in [-0.3, -0.25) is 0 Å². The molecule has 2 aromatic carbocycles. The first-order chi connectivity index (χ1) is 13.2. The van der Waals surface area contributed by atoms with Gasteiger partial charge in [0.2, 0.25) is 0 Å². The van der Waals surface area contributed by atoms with Crippen LogP contribution in [0.25, 0.3) is 5.69 Å². The average molecular weight is 381 g/mol. The molecule has 6 heteroatoms. The molecule has 2 heterocycles. The summed E-state index contributed by atoms with van der Waals surface area (Å²) in [4.78, 5) is 18.9. The third-order valence-electron chi connectivity index (χ3n) is 4.97. The molecule has 0 spiro atoms. The van der Waals surface area contributed by atoms with Crippen molar-refractivity contribution < 1.29 is 4.79 Å². The Hall–Kier alpha value is -2.79. The summed E-state index contributed by atoms with van der Waals surface area (Å²) in [7, 11) is 0. The first-order valence-corrected chi connectivity index (χ1v) is 9.46. The monoisotopic (exact) mass is 380 g/mol. The number of aromatic nitrogens is 2. The molecule has 4 rings (SSSR count). The molecule has 1 aliphatic heterocycles. The Balaban J connectivity index is 1.46. The minimum atomic E-state index is -0.0344. The number of nitrogens with one attached hydrogen (secondary N) is 1. The Morgan fingerprint density at radius 3 is 2.78 bits per heavy atom. The van der Waals surface area contributed by atoms with E-state index in [9.17, 15) is 4.79 Å². The highest BCUT2D eigenvalue weighted by Crippen LogP contribution is 2.32. The van der Waals surface area contributed by atoms with Crippen LogP contribution in [-0.2, 0) is 6.54 Å². The molecule has 0 radical (unpaired) electrons. The third-order valence-corrected chi connectivity index (χ3v) is 5.22. The van der Waals surface area contributed by atoms with E-state index in [0.29, 0.717) is 11.6 Å². The fraction of sp³-hybridized carbons (Fsp3) is 0.238. The van der Waals surface area contributed by atoms with Gasteiger partial charge in [0.05, 0.1) is 18.1 Å². The molecule has 27 heavy (non-hydrogen) atoms. The van der Waals surface area contributed by atoms with Crippen molar-refractivity contribution in [3.8, 4) is 5.69 Å². The van der Waals surface area contributed by atoms with E-state index in [1.807, 2.05) is 64.2 Å². The van der Waals surface area contributed by atoms with Gasteiger partial charge in [0.15, 0.2) is 0 Å². The minimum absolute atomic E-state index is 0.0344. The van der Waals surface area contributed by atoms with Crippen LogP contribution in [0.4, 0.5) is 4.79 Å². The van der Waals surface area contributed by atoms with Gasteiger partial charge in [-0.25, -0.2) is 9.78 Å². The van der Waals surface area contributed by atoms with E-state index < -0.39 is 0 Å². The normalized spacial score (nSPS) is 16.5. The highest BCUT2D eigenvalue weighted by atomic mass is 35.5. The van der Waals surface area contributed by atoms with Crippen LogP contribution < -0.4 is 5.32 Å². The second-order valence-corrected chi connectivity index (χ2v) is 7.10. The topological polar surface area (TPSA) is 50.2 Å². The lowest BCUT2D eigenvalue weighted by atomic mass is 10.1. The lowest BCUT2D eigenvalue weighted by molar-refractivity contribution is 0.192. The van der Waals surface area contributed by atoms with Crippen LogP contribution in [0.3, 0.4) is 0 Å². The second kappa shape index (κ2) is 7.84. The van der Waals surface area contributed by atoms with E-state index in [1.54, 1.807) is 12.5 Å². The zero-order valence-electron chi connectivity index (χ0n) is 14.9. The van der Waals surface area contributed by atoms with Crippen molar-refractivity contribution in [3.05, 3.63) is 83.4 Å². The maximum absolute atomic E-state index is 12.8. The molecule has 5 nitrogen and oxygen atoms in total. The molecule has 1 unspecified atom stereocenters. The summed E-state index contributed by atoms with van der Waals surface area (Å²) < 4.78 is 1.95. The van der Waals surface area contributed by atoms with Crippen LogP contribution in [0, 0.1) is 0 Å². The van der Waals surface area contributed by atoms with Crippen molar-refractivity contribution in [2.75, 3.05) is 6.54 Å². The van der Waals surface area contributed by atoms with E-state index in [-0.39, 0.29) is 12.1 Å². The van der Waals surface area contributed by atoms with Gasteiger partial charge in [-0.2, -0.15) is 0 Å². The Morgan fingerprint density at radius 2 is 2.00 bits per heavy atom. The molecule has 1 aliphatic rings. The zero-order valence-corrected chi connectivity index (χ0v) is 15.6. The number of rotatable bonds is 4. The Morgan fingerprint density at radius 1 is 1.19 bits per heavy atom. The van der Waals surface area contributed by atoms with E-state index in [0.717, 1.165) is 36.2 Å². The number of amides is 2. The van der Waals surface area contributed by atoms with E-state index in [2.05, 4.69) is 10.3 Å². The van der Waals surface area contributed by atoms with Gasteiger partial charge in [0, 0.05) is 30.5 Å². The van der Waals surface area contributed by atoms with Crippen molar-refractivity contribution in [1.82, 2.24) is 19.8 Å². The number of benzene rings is 2. The zero-order chi connectivity index (χ0) is 18.6. The number of carbonyl (C=O) groups is 1. The predicted molar refractivity (Wildman–Crippen MR) is 106 cm³/mol. The molecule has 0 bridgehead atoms. The van der Waals surface area contributed by atoms with Crippen molar-refractivity contribution >= 4 is 17.6 Å². The lowest BCUT2D eigenvalue weighted by Crippen LogP contribution is -2.39. The Labute approximate surface area is 163 Å². The molecule has 0 aliphatic carbocycles. The molecule has 2 amide bonds. The van der Waals surface area contributed by atoms with Gasteiger partial charge in [0.25, 0.3) is 0 Å². The molecule has 1 fully saturated rings. The van der Waals surface area contributed by atoms with Crippen molar-refractivity contribution in [1.29, 1.82) is 0 Å². The third kappa shape index (κ3) is 3.83. The second-order valence-electron chi connectivity index (χ2n) is 6.66. The summed E-state index contributed by atoms with van der Waals surface area (Å²) in [5.41, 5.74) is 3.20. The van der Waals surface area contributed by atoms with E-state index in [1.165, 1.54) is 0 Å². The Bertz CT molecular complexity index is 908. The van der Waals surface area contributed by atoms with Gasteiger partial charge in [-0.15, -0.1) is 0 Å². The number of halogens is 1. The Kier molecular flexibility index (Phi) is 5.12. The van der Waals surface area contributed by atoms with Crippen LogP contribution in [0.2, 0.25) is 5.02 Å². The molecule has 1 saturated heterocycles. The molecule has 3 aromatic rings. The smallest absolute Gasteiger partial charge is 0.318 e. The van der Waals surface area contributed by atoms with Gasteiger partial charge >= 0.3 is 6.03 Å². The largest absolute Gasteiger partial charge is 0.334 e. The fourth-order valence-corrected chi connectivity index (χ4v) is 3.75. The summed E-state index contributed by atoms with van der Waals surface area (Å²) in [6.07, 6.45) is 7.39. The number of hydrogen-bond donors (Lipinski definition) is 1. The number of hydrogen-bond acceptors (Lipinski definition) is 2. The van der Waals surface area contributed by atoms with Crippen molar-refractivity contribution in [2.24, 2.45) is 0 Å². The highest BCUT2D eigenvalue weighted by molar-refractivity contribution is 6.30. The molecule has 138 valence electrons. The van der Waals surface area contributed by atoms with Crippen LogP contribution in [-0.4, -0.2) is 27.0 Å². The van der Waals surface area contributed by atoms with Crippen LogP contribution in [0.15, 0.2) is 67.3 Å². The van der Waals surface area contributed by atoms with Crippen molar-refractivity contribution in [2.45, 2.75) is 25.4 Å². The first-order valence-electron chi connectivity index (χ1n) is 9.08. The van der Waals surface area contributed by atoms with Gasteiger partial charge in [-0.05, 0) is 42.2 Å². The predicted octanol–water partition coefficient (Wildman–Crippen LogP) is 4.57. The number of likely N-dealkylation sites (tertiary alicyclic amines) is 1. The molecule has 1 atom stereocenters. The SMILES string of the molecule is O=C(NCc1ccccc1-n1ccnc1)N1CCCC1c1ccc(Cl)cc1. The average Bonchev–Trinajstić information content (AvgIpc) is 3.39. The van der Waals surface area contributed by atoms with Gasteiger partial charge in [-0.1, -0.05) is 41.9 Å². The van der Waals surface area contributed by atoms with Crippen LogP contribution >= 0.6 is 11.6 Å². The van der Waals surface area contributed by atoms with E-state index >= 15 is 0 Å². The first kappa shape index (κ1) is 17.6.